The van der Waals surface area contributed by atoms with Crippen molar-refractivity contribution in [1.29, 1.82) is 0 Å². The number of rotatable bonds is 2. The van der Waals surface area contributed by atoms with Crippen molar-refractivity contribution in [2.45, 2.75) is 0 Å². The molecule has 0 fully saturated rings. The van der Waals surface area contributed by atoms with Crippen LogP contribution in [0.4, 0.5) is 4.39 Å². The zero-order valence-corrected chi connectivity index (χ0v) is 14.7. The van der Waals surface area contributed by atoms with E-state index in [-0.39, 0.29) is 5.82 Å². The van der Waals surface area contributed by atoms with E-state index in [9.17, 15) is 4.39 Å². The number of fused-ring (bicyclic) bond motifs is 3. The van der Waals surface area contributed by atoms with Gasteiger partial charge in [0.05, 0.1) is 5.69 Å². The maximum Gasteiger partial charge on any atom is 0.212 e. The molecule has 27 heavy (non-hydrogen) atoms. The quantitative estimate of drug-likeness (QED) is 0.403. The van der Waals surface area contributed by atoms with Crippen LogP contribution >= 0.6 is 0 Å². The normalized spacial score (nSPS) is 11.3. The summed E-state index contributed by atoms with van der Waals surface area (Å²) in [5.41, 5.74) is 5.36. The van der Waals surface area contributed by atoms with E-state index in [1.807, 2.05) is 48.3 Å². The minimum Gasteiger partial charge on any atom is -0.449 e. The Bertz CT molecular complexity index is 1290. The number of aromatic nitrogens is 2. The Morgan fingerprint density at radius 2 is 1.78 bits per heavy atom. The largest absolute Gasteiger partial charge is 0.449 e. The third-order valence-corrected chi connectivity index (χ3v) is 4.79. The standard InChI is InChI=1S/C23H16FN2O/c1-26-12-10-18-19-3-2-4-20(23(19)27-22(18)14-26)21-13-16(9-11-25-21)15-5-7-17(24)8-6-15/h2-14H,1H3/q+1. The first-order valence-electron chi connectivity index (χ1n) is 8.72. The topological polar surface area (TPSA) is 29.9 Å². The summed E-state index contributed by atoms with van der Waals surface area (Å²) in [7, 11) is 1.97. The number of halogens is 1. The van der Waals surface area contributed by atoms with Gasteiger partial charge in [0.1, 0.15) is 18.4 Å². The molecule has 3 heterocycles. The number of hydrogen-bond donors (Lipinski definition) is 0. The number of furan rings is 1. The molecule has 0 aliphatic heterocycles. The lowest BCUT2D eigenvalue weighted by Crippen LogP contribution is -2.25. The van der Waals surface area contributed by atoms with Gasteiger partial charge in [0.2, 0.25) is 6.20 Å². The molecule has 0 atom stereocenters. The van der Waals surface area contributed by atoms with Gasteiger partial charge < -0.3 is 4.42 Å². The third kappa shape index (κ3) is 2.66. The molecule has 0 bridgehead atoms. The number of benzene rings is 2. The Labute approximate surface area is 155 Å². The summed E-state index contributed by atoms with van der Waals surface area (Å²) in [5.74, 6) is -0.242. The molecule has 0 aliphatic carbocycles. The number of para-hydroxylation sites is 1. The molecule has 0 aliphatic rings. The van der Waals surface area contributed by atoms with E-state index in [1.54, 1.807) is 18.3 Å². The second-order valence-corrected chi connectivity index (χ2v) is 6.61. The molecule has 0 amide bonds. The summed E-state index contributed by atoms with van der Waals surface area (Å²) < 4.78 is 21.4. The highest BCUT2D eigenvalue weighted by Crippen LogP contribution is 2.35. The lowest BCUT2D eigenvalue weighted by Gasteiger charge is -2.06. The second-order valence-electron chi connectivity index (χ2n) is 6.61. The molecular formula is C23H16FN2O+. The zero-order valence-electron chi connectivity index (χ0n) is 14.7. The molecule has 5 aromatic rings. The molecule has 3 nitrogen and oxygen atoms in total. The molecule has 0 saturated heterocycles. The Morgan fingerprint density at radius 1 is 0.926 bits per heavy atom. The van der Waals surface area contributed by atoms with Crippen molar-refractivity contribution in [1.82, 2.24) is 4.98 Å². The van der Waals surface area contributed by atoms with E-state index in [0.29, 0.717) is 0 Å². The minimum atomic E-state index is -0.242. The highest BCUT2D eigenvalue weighted by molar-refractivity contribution is 6.08. The van der Waals surface area contributed by atoms with Crippen LogP contribution < -0.4 is 4.57 Å². The molecule has 0 radical (unpaired) electrons. The Kier molecular flexibility index (Phi) is 3.50. The number of hydrogen-bond acceptors (Lipinski definition) is 2. The van der Waals surface area contributed by atoms with E-state index in [1.165, 1.54) is 12.1 Å². The van der Waals surface area contributed by atoms with Crippen LogP contribution in [0.1, 0.15) is 0 Å². The maximum absolute atomic E-state index is 13.2. The van der Waals surface area contributed by atoms with Crippen LogP contribution in [0.15, 0.2) is 83.7 Å². The molecule has 5 rings (SSSR count). The van der Waals surface area contributed by atoms with Gasteiger partial charge >= 0.3 is 0 Å². The van der Waals surface area contributed by atoms with Crippen LogP contribution in [0.25, 0.3) is 44.3 Å². The SMILES string of the molecule is C[n+]1ccc2c(c1)oc1c(-c3cc(-c4ccc(F)cc4)ccn3)cccc12. The third-order valence-electron chi connectivity index (χ3n) is 4.79. The van der Waals surface area contributed by atoms with Crippen LogP contribution in [0.2, 0.25) is 0 Å². The van der Waals surface area contributed by atoms with Gasteiger partial charge in [-0.15, -0.1) is 0 Å². The minimum absolute atomic E-state index is 0.242. The number of pyridine rings is 2. The van der Waals surface area contributed by atoms with Crippen molar-refractivity contribution >= 4 is 21.9 Å². The summed E-state index contributed by atoms with van der Waals surface area (Å²) in [6, 6.07) is 18.6. The number of nitrogens with zero attached hydrogens (tertiary/aromatic N) is 2. The smallest absolute Gasteiger partial charge is 0.212 e. The molecule has 3 aromatic heterocycles. The fourth-order valence-electron chi connectivity index (χ4n) is 3.45. The first kappa shape index (κ1) is 15.7. The predicted octanol–water partition coefficient (Wildman–Crippen LogP) is 5.28. The average molecular weight is 355 g/mol. The Balaban J connectivity index is 1.70. The molecule has 0 spiro atoms. The lowest BCUT2D eigenvalue weighted by atomic mass is 10.0. The van der Waals surface area contributed by atoms with Crippen LogP contribution in [-0.4, -0.2) is 4.98 Å². The fourth-order valence-corrected chi connectivity index (χ4v) is 3.45. The maximum atomic E-state index is 13.2. The fraction of sp³-hybridized carbons (Fsp3) is 0.0435. The number of aryl methyl sites for hydroxylation is 1. The van der Waals surface area contributed by atoms with Crippen LogP contribution in [-0.2, 0) is 7.05 Å². The second kappa shape index (κ2) is 6.02. The molecule has 130 valence electrons. The highest BCUT2D eigenvalue weighted by Gasteiger charge is 2.15. The summed E-state index contributed by atoms with van der Waals surface area (Å²) in [6.07, 6.45) is 5.76. The molecule has 4 heteroatoms. The highest BCUT2D eigenvalue weighted by atomic mass is 19.1. The van der Waals surface area contributed by atoms with Crippen molar-refractivity contribution in [3.05, 3.63) is 85.1 Å². The average Bonchev–Trinajstić information content (AvgIpc) is 3.06. The molecule has 0 saturated carbocycles. The van der Waals surface area contributed by atoms with Crippen molar-refractivity contribution in [2.24, 2.45) is 7.05 Å². The molecular weight excluding hydrogens is 339 g/mol. The van der Waals surface area contributed by atoms with Gasteiger partial charge in [-0.2, -0.15) is 0 Å². The van der Waals surface area contributed by atoms with Crippen LogP contribution in [0.3, 0.4) is 0 Å². The summed E-state index contributed by atoms with van der Waals surface area (Å²) in [6.45, 7) is 0. The molecule has 2 aromatic carbocycles. The molecule has 0 unspecified atom stereocenters. The van der Waals surface area contributed by atoms with Crippen molar-refractivity contribution in [2.75, 3.05) is 0 Å². The van der Waals surface area contributed by atoms with E-state index in [0.717, 1.165) is 44.3 Å². The van der Waals surface area contributed by atoms with Gasteiger partial charge in [-0.25, -0.2) is 8.96 Å². The van der Waals surface area contributed by atoms with Gasteiger partial charge in [0.25, 0.3) is 0 Å². The summed E-state index contributed by atoms with van der Waals surface area (Å²) in [5, 5.41) is 2.15. The first-order valence-corrected chi connectivity index (χ1v) is 8.72. The summed E-state index contributed by atoms with van der Waals surface area (Å²) in [4.78, 5) is 4.55. The van der Waals surface area contributed by atoms with E-state index < -0.39 is 0 Å². The van der Waals surface area contributed by atoms with Crippen LogP contribution in [0.5, 0.6) is 0 Å². The zero-order chi connectivity index (χ0) is 18.4. The summed E-state index contributed by atoms with van der Waals surface area (Å²) >= 11 is 0. The molecule has 0 N–H and O–H groups in total. The Morgan fingerprint density at radius 3 is 2.63 bits per heavy atom. The van der Waals surface area contributed by atoms with E-state index in [2.05, 4.69) is 17.1 Å². The first-order chi connectivity index (χ1) is 13.2. The van der Waals surface area contributed by atoms with Crippen LogP contribution in [0, 0.1) is 5.82 Å². The van der Waals surface area contributed by atoms with Crippen molar-refractivity contribution < 1.29 is 13.4 Å². The van der Waals surface area contributed by atoms with E-state index >= 15 is 0 Å². The van der Waals surface area contributed by atoms with Gasteiger partial charge in [0.15, 0.2) is 11.8 Å². The predicted molar refractivity (Wildman–Crippen MR) is 104 cm³/mol. The Hall–Kier alpha value is -3.53. The van der Waals surface area contributed by atoms with E-state index in [4.69, 9.17) is 4.42 Å². The van der Waals surface area contributed by atoms with Gasteiger partial charge in [-0.3, -0.25) is 4.98 Å². The monoisotopic (exact) mass is 355 g/mol. The van der Waals surface area contributed by atoms with Gasteiger partial charge in [0, 0.05) is 28.6 Å². The lowest BCUT2D eigenvalue weighted by molar-refractivity contribution is -0.670. The van der Waals surface area contributed by atoms with Gasteiger partial charge in [-0.05, 0) is 41.5 Å². The van der Waals surface area contributed by atoms with Gasteiger partial charge in [-0.1, -0.05) is 24.3 Å². The van der Waals surface area contributed by atoms with Crippen molar-refractivity contribution in [3.63, 3.8) is 0 Å². The van der Waals surface area contributed by atoms with Crippen molar-refractivity contribution in [3.8, 4) is 22.4 Å².